The zero-order valence-corrected chi connectivity index (χ0v) is 17.3. The molecule has 0 bridgehead atoms. The Morgan fingerprint density at radius 2 is 1.74 bits per heavy atom. The average molecular weight is 396 g/mol. The van der Waals surface area contributed by atoms with Crippen LogP contribution in [0, 0.1) is 6.92 Å². The Kier molecular flexibility index (Phi) is 5.38. The molecular weight excluding hydrogens is 372 g/mol. The minimum Gasteiger partial charge on any atom is -0.462 e. The number of carbonyl (C=O) groups is 2. The summed E-state index contributed by atoms with van der Waals surface area (Å²) in [5.74, 6) is -1.27. The van der Waals surface area contributed by atoms with E-state index in [9.17, 15) is 19.2 Å². The van der Waals surface area contributed by atoms with E-state index in [0.29, 0.717) is 5.56 Å². The molecule has 0 radical (unpaired) electrons. The average Bonchev–Trinajstić information content (AvgIpc) is 2.82. The second kappa shape index (κ2) is 6.95. The van der Waals surface area contributed by atoms with Crippen LogP contribution in [-0.4, -0.2) is 33.7 Å². The fourth-order valence-corrected chi connectivity index (χ4v) is 3.69. The van der Waals surface area contributed by atoms with Crippen molar-refractivity contribution >= 4 is 33.5 Å². The summed E-state index contributed by atoms with van der Waals surface area (Å²) in [5.41, 5.74) is -3.31. The summed E-state index contributed by atoms with van der Waals surface area (Å²) in [6.45, 7) is 11.5. The first-order valence-corrected chi connectivity index (χ1v) is 9.32. The molecule has 0 aromatic carbocycles. The van der Waals surface area contributed by atoms with Gasteiger partial charge >= 0.3 is 17.6 Å². The van der Waals surface area contributed by atoms with E-state index >= 15 is 0 Å². The number of H-pyrrole nitrogens is 1. The number of thiophene rings is 1. The summed E-state index contributed by atoms with van der Waals surface area (Å²) in [4.78, 5) is 53.4. The Labute approximate surface area is 160 Å². The number of nitrogens with one attached hydrogen (secondary N) is 1. The van der Waals surface area contributed by atoms with Crippen LogP contribution in [0.1, 0.15) is 56.8 Å². The van der Waals surface area contributed by atoms with Crippen molar-refractivity contribution in [3.8, 4) is 0 Å². The normalized spacial score (nSPS) is 12.3. The predicted molar refractivity (Wildman–Crippen MR) is 103 cm³/mol. The van der Waals surface area contributed by atoms with Crippen molar-refractivity contribution in [2.45, 2.75) is 59.6 Å². The summed E-state index contributed by atoms with van der Waals surface area (Å²) >= 11 is 0.978. The third kappa shape index (κ3) is 3.83. The van der Waals surface area contributed by atoms with Gasteiger partial charge in [-0.05, 0) is 54.0 Å². The van der Waals surface area contributed by atoms with Crippen molar-refractivity contribution in [2.24, 2.45) is 0 Å². The summed E-state index contributed by atoms with van der Waals surface area (Å²) in [5, 5.41) is 0.180. The van der Waals surface area contributed by atoms with Gasteiger partial charge in [0.05, 0.1) is 12.0 Å². The Bertz CT molecular complexity index is 1020. The van der Waals surface area contributed by atoms with E-state index in [1.807, 2.05) is 0 Å². The minimum absolute atomic E-state index is 0.180. The summed E-state index contributed by atoms with van der Waals surface area (Å²) in [7, 11) is 0. The van der Waals surface area contributed by atoms with E-state index < -0.39 is 34.3 Å². The lowest BCUT2D eigenvalue weighted by molar-refractivity contribution is -0.164. The number of esters is 2. The Balaban J connectivity index is 2.71. The Morgan fingerprint density at radius 3 is 2.26 bits per heavy atom. The van der Waals surface area contributed by atoms with Crippen molar-refractivity contribution in [3.63, 3.8) is 0 Å². The first kappa shape index (κ1) is 20.9. The molecule has 9 heteroatoms. The maximum atomic E-state index is 13.1. The predicted octanol–water partition coefficient (Wildman–Crippen LogP) is 2.31. The molecule has 0 atom stereocenters. The molecule has 2 heterocycles. The summed E-state index contributed by atoms with van der Waals surface area (Å²) < 4.78 is 11.2. The number of aryl methyl sites for hydroxylation is 1. The number of ether oxygens (including phenoxy) is 2. The minimum atomic E-state index is -1.54. The Morgan fingerprint density at radius 1 is 1.15 bits per heavy atom. The monoisotopic (exact) mass is 396 g/mol. The van der Waals surface area contributed by atoms with Crippen LogP contribution >= 0.6 is 11.3 Å². The number of rotatable bonds is 4. The van der Waals surface area contributed by atoms with Crippen LogP contribution in [0.4, 0.5) is 0 Å². The van der Waals surface area contributed by atoms with Crippen LogP contribution in [0.5, 0.6) is 0 Å². The number of carbonyl (C=O) groups excluding carboxylic acids is 2. The van der Waals surface area contributed by atoms with Crippen molar-refractivity contribution in [1.29, 1.82) is 0 Å². The molecule has 8 nitrogen and oxygen atoms in total. The third-order valence-electron chi connectivity index (χ3n) is 3.91. The van der Waals surface area contributed by atoms with Crippen LogP contribution in [-0.2, 0) is 19.8 Å². The van der Waals surface area contributed by atoms with E-state index in [0.717, 1.165) is 15.9 Å². The van der Waals surface area contributed by atoms with Gasteiger partial charge in [0.25, 0.3) is 5.56 Å². The lowest BCUT2D eigenvalue weighted by Crippen LogP contribution is -2.52. The summed E-state index contributed by atoms with van der Waals surface area (Å²) in [6, 6.07) is 0. The van der Waals surface area contributed by atoms with Gasteiger partial charge in [-0.2, -0.15) is 0 Å². The van der Waals surface area contributed by atoms with Crippen molar-refractivity contribution in [2.75, 3.05) is 6.61 Å². The Hall–Kier alpha value is -2.42. The maximum absolute atomic E-state index is 13.1. The zero-order valence-electron chi connectivity index (χ0n) is 16.5. The van der Waals surface area contributed by atoms with E-state index in [1.165, 1.54) is 13.8 Å². The first-order chi connectivity index (χ1) is 12.3. The second-order valence-electron chi connectivity index (χ2n) is 7.61. The molecule has 0 saturated heterocycles. The lowest BCUT2D eigenvalue weighted by atomic mass is 10.0. The van der Waals surface area contributed by atoms with Crippen LogP contribution < -0.4 is 11.2 Å². The molecule has 1 N–H and O–H groups in total. The molecule has 0 aliphatic heterocycles. The molecule has 0 aliphatic rings. The van der Waals surface area contributed by atoms with Crippen LogP contribution in [0.2, 0.25) is 0 Å². The highest BCUT2D eigenvalue weighted by atomic mass is 32.1. The van der Waals surface area contributed by atoms with Gasteiger partial charge in [-0.1, -0.05) is 0 Å². The highest BCUT2D eigenvalue weighted by Crippen LogP contribution is 2.28. The smallest absolute Gasteiger partial charge is 0.348 e. The van der Waals surface area contributed by atoms with Crippen molar-refractivity contribution < 1.29 is 19.1 Å². The molecule has 2 aromatic heterocycles. The van der Waals surface area contributed by atoms with Gasteiger partial charge in [0.2, 0.25) is 0 Å². The molecule has 0 spiro atoms. The van der Waals surface area contributed by atoms with Gasteiger partial charge in [-0.25, -0.2) is 19.0 Å². The fraction of sp³-hybridized carbons (Fsp3) is 0.556. The molecule has 0 fully saturated rings. The molecule has 0 unspecified atom stereocenters. The zero-order chi connectivity index (χ0) is 20.7. The molecule has 27 heavy (non-hydrogen) atoms. The van der Waals surface area contributed by atoms with E-state index in [-0.39, 0.29) is 21.7 Å². The molecule has 0 aliphatic carbocycles. The van der Waals surface area contributed by atoms with Crippen molar-refractivity contribution in [1.82, 2.24) is 9.55 Å². The van der Waals surface area contributed by atoms with E-state index in [2.05, 4.69) is 4.98 Å². The number of aromatic amines is 1. The van der Waals surface area contributed by atoms with Crippen molar-refractivity contribution in [3.05, 3.63) is 31.3 Å². The number of nitrogens with zero attached hydrogens (tertiary/aromatic N) is 1. The number of fused-ring (bicyclic) bond motifs is 1. The topological polar surface area (TPSA) is 107 Å². The van der Waals surface area contributed by atoms with E-state index in [4.69, 9.17) is 9.47 Å². The SMILES string of the molecule is CCOC(=O)c1sc2[nH]c(=O)n(C(C)(C)C(=O)OC(C)(C)C)c(=O)c2c1C. The molecular formula is C18H24N2O6S. The lowest BCUT2D eigenvalue weighted by Gasteiger charge is -2.29. The number of hydrogen-bond donors (Lipinski definition) is 1. The molecule has 2 aromatic rings. The van der Waals surface area contributed by atoms with Crippen LogP contribution in [0.25, 0.3) is 10.2 Å². The van der Waals surface area contributed by atoms with Gasteiger partial charge in [0, 0.05) is 0 Å². The van der Waals surface area contributed by atoms with Crippen LogP contribution in [0.3, 0.4) is 0 Å². The maximum Gasteiger partial charge on any atom is 0.348 e. The van der Waals surface area contributed by atoms with Gasteiger partial charge in [0.15, 0.2) is 0 Å². The van der Waals surface area contributed by atoms with Gasteiger partial charge in [0.1, 0.15) is 20.8 Å². The second-order valence-corrected chi connectivity index (χ2v) is 8.63. The first-order valence-electron chi connectivity index (χ1n) is 8.50. The largest absolute Gasteiger partial charge is 0.462 e. The number of hydrogen-bond acceptors (Lipinski definition) is 7. The highest BCUT2D eigenvalue weighted by Gasteiger charge is 2.38. The quantitative estimate of drug-likeness (QED) is 0.795. The van der Waals surface area contributed by atoms with Gasteiger partial charge < -0.3 is 9.47 Å². The summed E-state index contributed by atoms with van der Waals surface area (Å²) in [6.07, 6.45) is 0. The van der Waals surface area contributed by atoms with Crippen LogP contribution in [0.15, 0.2) is 9.59 Å². The molecule has 148 valence electrons. The third-order valence-corrected chi connectivity index (χ3v) is 5.09. The van der Waals surface area contributed by atoms with Gasteiger partial charge in [-0.15, -0.1) is 11.3 Å². The fourth-order valence-electron chi connectivity index (χ4n) is 2.61. The molecule has 0 saturated carbocycles. The number of aromatic nitrogens is 2. The molecule has 0 amide bonds. The standard InChI is InChI=1S/C18H24N2O6S/c1-8-25-14(22)11-9(2)10-12(27-11)19-16(24)20(13(10)21)18(6,7)15(23)26-17(3,4)5/h8H2,1-7H3,(H,19,24). The highest BCUT2D eigenvalue weighted by molar-refractivity contribution is 7.20. The van der Waals surface area contributed by atoms with Gasteiger partial charge in [-0.3, -0.25) is 9.78 Å². The van der Waals surface area contributed by atoms with E-state index in [1.54, 1.807) is 34.6 Å². The molecule has 2 rings (SSSR count).